The zero-order valence-electron chi connectivity index (χ0n) is 34.5. The van der Waals surface area contributed by atoms with E-state index < -0.39 is 0 Å². The van der Waals surface area contributed by atoms with Crippen LogP contribution in [-0.4, -0.2) is 29.9 Å². The normalized spacial score (nSPS) is 11.4. The molecule has 64 heavy (non-hydrogen) atoms. The molecule has 12 rings (SSSR count). The van der Waals surface area contributed by atoms with Crippen molar-refractivity contribution in [2.24, 2.45) is 0 Å². The summed E-state index contributed by atoms with van der Waals surface area (Å²) in [4.78, 5) is 30.3. The Morgan fingerprint density at radius 2 is 0.594 bits per heavy atom. The highest BCUT2D eigenvalue weighted by molar-refractivity contribution is 5.97. The van der Waals surface area contributed by atoms with E-state index in [-0.39, 0.29) is 0 Å². The number of benzene rings is 8. The predicted octanol–water partition coefficient (Wildman–Crippen LogP) is 14.3. The maximum atomic E-state index is 5.20. The number of fused-ring (bicyclic) bond motifs is 4. The fourth-order valence-corrected chi connectivity index (χ4v) is 8.66. The Bertz CT molecular complexity index is 3470. The van der Waals surface area contributed by atoms with E-state index in [2.05, 4.69) is 170 Å². The van der Waals surface area contributed by atoms with Crippen LogP contribution in [-0.2, 0) is 0 Å². The molecule has 0 N–H and O–H groups in total. The summed E-state index contributed by atoms with van der Waals surface area (Å²) in [5, 5.41) is 6.64. The average Bonchev–Trinajstić information content (AvgIpc) is 3.38. The summed E-state index contributed by atoms with van der Waals surface area (Å²) in [7, 11) is 0. The van der Waals surface area contributed by atoms with Crippen molar-refractivity contribution in [2.75, 3.05) is 0 Å². The molecule has 0 unspecified atom stereocenters. The lowest BCUT2D eigenvalue weighted by atomic mass is 9.99. The quantitative estimate of drug-likeness (QED) is 0.159. The Hall–Kier alpha value is -8.74. The van der Waals surface area contributed by atoms with E-state index in [1.807, 2.05) is 48.8 Å². The van der Waals surface area contributed by atoms with Crippen molar-refractivity contribution in [2.45, 2.75) is 0 Å². The van der Waals surface area contributed by atoms with E-state index in [0.717, 1.165) is 111 Å². The van der Waals surface area contributed by atoms with Crippen molar-refractivity contribution in [3.8, 4) is 78.9 Å². The van der Waals surface area contributed by atoms with Gasteiger partial charge in [0.1, 0.15) is 0 Å². The van der Waals surface area contributed by atoms with Gasteiger partial charge < -0.3 is 0 Å². The van der Waals surface area contributed by atoms with Crippen LogP contribution in [0.1, 0.15) is 0 Å². The Labute approximate surface area is 369 Å². The molecule has 0 saturated heterocycles. The number of aromatic nitrogens is 6. The van der Waals surface area contributed by atoms with E-state index >= 15 is 0 Å². The standard InChI is InChI=1S/C58H36N6/c1-5-17-47-39(11-1)15-9-19-49(47)57-61-53(33-55(63-57)45-31-43-13-3-7-21-51(43)59-35-45)41-27-23-37(24-28-41)38-25-29-42(30-26-38)54-34-56(46-32-44-14-4-8-22-52(44)60-36-46)64-58(62-54)50-20-10-16-40-12-2-6-18-48(40)50/h1-36H. The first-order valence-corrected chi connectivity index (χ1v) is 21.3. The third kappa shape index (κ3) is 6.89. The second-order valence-corrected chi connectivity index (χ2v) is 16.0. The topological polar surface area (TPSA) is 77.3 Å². The number of hydrogen-bond acceptors (Lipinski definition) is 6. The van der Waals surface area contributed by atoms with Gasteiger partial charge in [0.15, 0.2) is 11.6 Å². The van der Waals surface area contributed by atoms with Gasteiger partial charge in [0.05, 0.1) is 33.8 Å². The number of pyridine rings is 2. The molecule has 0 fully saturated rings. The van der Waals surface area contributed by atoms with E-state index in [9.17, 15) is 0 Å². The van der Waals surface area contributed by atoms with Crippen LogP contribution in [0.5, 0.6) is 0 Å². The summed E-state index contributed by atoms with van der Waals surface area (Å²) >= 11 is 0. The zero-order valence-corrected chi connectivity index (χ0v) is 34.5. The van der Waals surface area contributed by atoms with Crippen LogP contribution in [0, 0.1) is 0 Å². The molecular formula is C58H36N6. The fourth-order valence-electron chi connectivity index (χ4n) is 8.66. The summed E-state index contributed by atoms with van der Waals surface area (Å²) < 4.78 is 0. The summed E-state index contributed by atoms with van der Waals surface area (Å²) in [6.45, 7) is 0. The van der Waals surface area contributed by atoms with Crippen LogP contribution in [0.15, 0.2) is 219 Å². The Morgan fingerprint density at radius 1 is 0.250 bits per heavy atom. The molecule has 0 saturated carbocycles. The predicted molar refractivity (Wildman–Crippen MR) is 261 cm³/mol. The molecule has 4 heterocycles. The summed E-state index contributed by atoms with van der Waals surface area (Å²) in [6, 6.07) is 71.4. The monoisotopic (exact) mass is 816 g/mol. The molecule has 0 aliphatic heterocycles. The van der Waals surface area contributed by atoms with Gasteiger partial charge in [-0.05, 0) is 69.1 Å². The molecule has 298 valence electrons. The van der Waals surface area contributed by atoms with Gasteiger partial charge in [-0.2, -0.15) is 0 Å². The Morgan fingerprint density at radius 3 is 1.03 bits per heavy atom. The largest absolute Gasteiger partial charge is 0.256 e. The molecular weight excluding hydrogens is 781 g/mol. The van der Waals surface area contributed by atoms with Gasteiger partial charge in [0.2, 0.25) is 0 Å². The number of nitrogens with zero attached hydrogens (tertiary/aromatic N) is 6. The first-order chi connectivity index (χ1) is 31.7. The van der Waals surface area contributed by atoms with Gasteiger partial charge in [-0.1, -0.05) is 170 Å². The number of hydrogen-bond donors (Lipinski definition) is 0. The molecule has 0 spiro atoms. The SMILES string of the molecule is c1ccc2ncc(-c3cc(-c4ccc(-c5ccc(-c6cc(-c7cnc8ccccc8c7)nc(-c7cccc8ccccc78)n6)cc5)cc4)nc(-c4cccc5ccccc45)n3)cc2c1. The van der Waals surface area contributed by atoms with E-state index in [1.165, 1.54) is 0 Å². The zero-order chi connectivity index (χ0) is 42.4. The van der Waals surface area contributed by atoms with Crippen molar-refractivity contribution >= 4 is 43.4 Å². The minimum absolute atomic E-state index is 0.672. The Kier molecular flexibility index (Phi) is 9.05. The highest BCUT2D eigenvalue weighted by Gasteiger charge is 2.16. The summed E-state index contributed by atoms with van der Waals surface area (Å²) in [6.07, 6.45) is 3.81. The molecule has 0 aliphatic rings. The minimum atomic E-state index is 0.672. The lowest BCUT2D eigenvalue weighted by Crippen LogP contribution is -1.97. The number of rotatable bonds is 7. The second-order valence-electron chi connectivity index (χ2n) is 16.0. The highest BCUT2D eigenvalue weighted by atomic mass is 14.9. The third-order valence-electron chi connectivity index (χ3n) is 12.0. The lowest BCUT2D eigenvalue weighted by molar-refractivity contribution is 1.18. The highest BCUT2D eigenvalue weighted by Crippen LogP contribution is 2.35. The van der Waals surface area contributed by atoms with Crippen LogP contribution in [0.2, 0.25) is 0 Å². The van der Waals surface area contributed by atoms with E-state index in [0.29, 0.717) is 11.6 Å². The van der Waals surface area contributed by atoms with Gasteiger partial charge in [-0.15, -0.1) is 0 Å². The van der Waals surface area contributed by atoms with Crippen molar-refractivity contribution in [3.63, 3.8) is 0 Å². The van der Waals surface area contributed by atoms with E-state index in [1.54, 1.807) is 0 Å². The molecule has 6 nitrogen and oxygen atoms in total. The van der Waals surface area contributed by atoms with Crippen molar-refractivity contribution < 1.29 is 0 Å². The van der Waals surface area contributed by atoms with Gasteiger partial charge in [-0.25, -0.2) is 19.9 Å². The van der Waals surface area contributed by atoms with Gasteiger partial charge in [-0.3, -0.25) is 9.97 Å². The van der Waals surface area contributed by atoms with Crippen LogP contribution >= 0.6 is 0 Å². The lowest BCUT2D eigenvalue weighted by Gasteiger charge is -2.12. The molecule has 0 bridgehead atoms. The summed E-state index contributed by atoms with van der Waals surface area (Å²) in [5.41, 5.74) is 13.3. The average molecular weight is 817 g/mol. The van der Waals surface area contributed by atoms with Crippen LogP contribution < -0.4 is 0 Å². The van der Waals surface area contributed by atoms with Crippen LogP contribution in [0.4, 0.5) is 0 Å². The van der Waals surface area contributed by atoms with Crippen LogP contribution in [0.3, 0.4) is 0 Å². The first kappa shape index (κ1) is 37.1. The maximum absolute atomic E-state index is 5.20. The smallest absolute Gasteiger partial charge is 0.161 e. The molecule has 8 aromatic carbocycles. The maximum Gasteiger partial charge on any atom is 0.161 e. The van der Waals surface area contributed by atoms with Crippen molar-refractivity contribution in [1.29, 1.82) is 0 Å². The molecule has 0 aliphatic carbocycles. The molecule has 0 amide bonds. The molecule has 0 atom stereocenters. The van der Waals surface area contributed by atoms with Gasteiger partial charge in [0, 0.05) is 56.5 Å². The number of para-hydroxylation sites is 2. The van der Waals surface area contributed by atoms with Gasteiger partial charge in [0.25, 0.3) is 0 Å². The van der Waals surface area contributed by atoms with Crippen molar-refractivity contribution in [1.82, 2.24) is 29.9 Å². The molecule has 4 aromatic heterocycles. The summed E-state index contributed by atoms with van der Waals surface area (Å²) in [5.74, 6) is 1.34. The third-order valence-corrected chi connectivity index (χ3v) is 12.0. The van der Waals surface area contributed by atoms with Gasteiger partial charge >= 0.3 is 0 Å². The molecule has 6 heteroatoms. The first-order valence-electron chi connectivity index (χ1n) is 21.3. The fraction of sp³-hybridized carbons (Fsp3) is 0. The van der Waals surface area contributed by atoms with E-state index in [4.69, 9.17) is 29.9 Å². The second kappa shape index (κ2) is 15.6. The molecule has 0 radical (unpaired) electrons. The molecule has 12 aromatic rings. The Balaban J connectivity index is 0.910. The van der Waals surface area contributed by atoms with Crippen LogP contribution in [0.25, 0.3) is 122 Å². The van der Waals surface area contributed by atoms with Crippen molar-refractivity contribution in [3.05, 3.63) is 219 Å². The minimum Gasteiger partial charge on any atom is -0.256 e.